The molecule has 7 heteroatoms. The van der Waals surface area contributed by atoms with Crippen molar-refractivity contribution in [2.24, 2.45) is 23.2 Å². The van der Waals surface area contributed by atoms with Crippen molar-refractivity contribution < 1.29 is 24.2 Å². The predicted octanol–water partition coefficient (Wildman–Crippen LogP) is 2.05. The van der Waals surface area contributed by atoms with E-state index in [2.05, 4.69) is 24.8 Å². The number of hydrogen-bond donors (Lipinski definition) is 1. The lowest BCUT2D eigenvalue weighted by molar-refractivity contribution is -0.145. The number of carbonyl (C=O) groups excluding carboxylic acids is 2. The highest BCUT2D eigenvalue weighted by Crippen LogP contribution is 2.56. The van der Waals surface area contributed by atoms with Crippen LogP contribution in [0.2, 0.25) is 0 Å². The van der Waals surface area contributed by atoms with Gasteiger partial charge < -0.3 is 19.5 Å². The van der Waals surface area contributed by atoms with Crippen molar-refractivity contribution in [3.05, 3.63) is 11.6 Å². The van der Waals surface area contributed by atoms with E-state index in [1.807, 2.05) is 0 Å². The van der Waals surface area contributed by atoms with E-state index in [9.17, 15) is 14.7 Å². The molecule has 4 rings (SSSR count). The minimum atomic E-state index is -0.569. The summed E-state index contributed by atoms with van der Waals surface area (Å²) < 4.78 is 10.8. The zero-order chi connectivity index (χ0) is 20.8. The van der Waals surface area contributed by atoms with Crippen molar-refractivity contribution >= 4 is 12.1 Å². The molecule has 6 atom stereocenters. The van der Waals surface area contributed by atoms with Crippen LogP contribution in [-0.4, -0.2) is 78.5 Å². The second-order valence-corrected chi connectivity index (χ2v) is 9.29. The van der Waals surface area contributed by atoms with Crippen LogP contribution in [0.25, 0.3) is 0 Å². The average molecular weight is 407 g/mol. The highest BCUT2D eigenvalue weighted by Gasteiger charge is 2.59. The number of piperazine rings is 1. The van der Waals surface area contributed by atoms with Gasteiger partial charge in [0.2, 0.25) is 0 Å². The molecule has 0 aromatic carbocycles. The van der Waals surface area contributed by atoms with Crippen LogP contribution in [-0.2, 0) is 14.3 Å². The Kier molecular flexibility index (Phi) is 5.64. The molecule has 0 aromatic rings. The minimum absolute atomic E-state index is 0.159. The summed E-state index contributed by atoms with van der Waals surface area (Å²) in [6, 6.07) is 0. The SMILES string of the molecule is CCOC(=O)N1CCN(C[C@@H]2C(=O)O[C@@H]3CC4=CCC[C@@H](C)[C@@]4(C)[C@H](O)[C@H]23)CC1. The van der Waals surface area contributed by atoms with Crippen molar-refractivity contribution in [1.82, 2.24) is 9.80 Å². The third kappa shape index (κ3) is 3.46. The first-order chi connectivity index (χ1) is 13.9. The molecule has 3 fully saturated rings. The molecule has 0 aromatic heterocycles. The zero-order valence-corrected chi connectivity index (χ0v) is 17.8. The smallest absolute Gasteiger partial charge is 0.409 e. The number of carbonyl (C=O) groups is 2. The lowest BCUT2D eigenvalue weighted by Gasteiger charge is -2.52. The maximum atomic E-state index is 12.7. The molecular weight excluding hydrogens is 372 g/mol. The largest absolute Gasteiger partial charge is 0.461 e. The van der Waals surface area contributed by atoms with Gasteiger partial charge in [0.05, 0.1) is 18.6 Å². The van der Waals surface area contributed by atoms with Gasteiger partial charge in [-0.3, -0.25) is 9.69 Å². The van der Waals surface area contributed by atoms with Crippen LogP contribution in [0, 0.1) is 23.2 Å². The Morgan fingerprint density at radius 1 is 1.34 bits per heavy atom. The topological polar surface area (TPSA) is 79.3 Å². The summed E-state index contributed by atoms with van der Waals surface area (Å²) in [6.45, 7) is 9.75. The van der Waals surface area contributed by atoms with Crippen LogP contribution < -0.4 is 0 Å². The summed E-state index contributed by atoms with van der Waals surface area (Å²) in [6.07, 6.45) is 4.07. The number of nitrogens with zero attached hydrogens (tertiary/aromatic N) is 2. The van der Waals surface area contributed by atoms with E-state index in [1.165, 1.54) is 5.57 Å². The van der Waals surface area contributed by atoms with Crippen molar-refractivity contribution in [3.63, 3.8) is 0 Å². The lowest BCUT2D eigenvalue weighted by atomic mass is 9.55. The Labute approximate surface area is 173 Å². The maximum Gasteiger partial charge on any atom is 0.409 e. The molecule has 2 heterocycles. The molecule has 2 aliphatic carbocycles. The Bertz CT molecular complexity index is 687. The van der Waals surface area contributed by atoms with Crippen LogP contribution in [0.4, 0.5) is 4.79 Å². The van der Waals surface area contributed by atoms with E-state index in [0.29, 0.717) is 45.2 Å². The monoisotopic (exact) mass is 406 g/mol. The number of amides is 1. The number of allylic oxidation sites excluding steroid dienone is 1. The summed E-state index contributed by atoms with van der Waals surface area (Å²) in [4.78, 5) is 28.6. The highest BCUT2D eigenvalue weighted by atomic mass is 16.6. The predicted molar refractivity (Wildman–Crippen MR) is 107 cm³/mol. The van der Waals surface area contributed by atoms with Gasteiger partial charge in [0.1, 0.15) is 6.10 Å². The molecule has 7 nitrogen and oxygen atoms in total. The first-order valence-electron chi connectivity index (χ1n) is 11.1. The summed E-state index contributed by atoms with van der Waals surface area (Å²) in [5, 5.41) is 11.4. The van der Waals surface area contributed by atoms with Gasteiger partial charge in [-0.05, 0) is 25.7 Å². The number of hydrogen-bond acceptors (Lipinski definition) is 6. The number of aliphatic hydroxyl groups excluding tert-OH is 1. The summed E-state index contributed by atoms with van der Waals surface area (Å²) >= 11 is 0. The standard InChI is InChI=1S/C22H34N2O5/c1-4-28-21(27)24-10-8-23(9-11-24)13-16-18-17(29-20(16)26)12-15-7-5-6-14(2)22(15,3)19(18)25/h7,14,16-19,25H,4-6,8-13H2,1-3H3/t14-,16+,17-,18-,19-,22-/m1/s1. The second-order valence-electron chi connectivity index (χ2n) is 9.29. The minimum Gasteiger partial charge on any atom is -0.461 e. The number of rotatable bonds is 3. The van der Waals surface area contributed by atoms with Crippen LogP contribution in [0.1, 0.15) is 40.0 Å². The first kappa shape index (κ1) is 20.7. The van der Waals surface area contributed by atoms with E-state index in [0.717, 1.165) is 19.3 Å². The molecule has 2 saturated heterocycles. The number of fused-ring (bicyclic) bond motifs is 2. The second kappa shape index (κ2) is 7.91. The van der Waals surface area contributed by atoms with Gasteiger partial charge in [-0.15, -0.1) is 0 Å². The quantitative estimate of drug-likeness (QED) is 0.571. The third-order valence-corrected chi connectivity index (χ3v) is 7.92. The molecule has 1 amide bonds. The third-order valence-electron chi connectivity index (χ3n) is 7.92. The van der Waals surface area contributed by atoms with Crippen molar-refractivity contribution in [2.75, 3.05) is 39.3 Å². The van der Waals surface area contributed by atoms with Gasteiger partial charge in [-0.2, -0.15) is 0 Å². The molecule has 29 heavy (non-hydrogen) atoms. The van der Waals surface area contributed by atoms with Gasteiger partial charge in [-0.25, -0.2) is 4.79 Å². The van der Waals surface area contributed by atoms with Crippen LogP contribution >= 0.6 is 0 Å². The van der Waals surface area contributed by atoms with Crippen molar-refractivity contribution in [3.8, 4) is 0 Å². The van der Waals surface area contributed by atoms with E-state index < -0.39 is 6.10 Å². The normalized spacial score (nSPS) is 40.0. The van der Waals surface area contributed by atoms with E-state index >= 15 is 0 Å². The number of aliphatic hydroxyl groups is 1. The summed E-state index contributed by atoms with van der Waals surface area (Å²) in [5.41, 5.74) is 0.996. The Balaban J connectivity index is 1.44. The molecule has 0 unspecified atom stereocenters. The molecule has 162 valence electrons. The van der Waals surface area contributed by atoms with Crippen LogP contribution in [0.5, 0.6) is 0 Å². The number of esters is 1. The molecular formula is C22H34N2O5. The molecule has 1 N–H and O–H groups in total. The lowest BCUT2D eigenvalue weighted by Crippen LogP contribution is -2.56. The van der Waals surface area contributed by atoms with E-state index in [4.69, 9.17) is 9.47 Å². The Morgan fingerprint density at radius 3 is 2.76 bits per heavy atom. The molecule has 2 aliphatic heterocycles. The van der Waals surface area contributed by atoms with E-state index in [-0.39, 0.29) is 35.4 Å². The molecule has 0 spiro atoms. The zero-order valence-electron chi connectivity index (χ0n) is 17.8. The molecule has 0 radical (unpaired) electrons. The summed E-state index contributed by atoms with van der Waals surface area (Å²) in [7, 11) is 0. The van der Waals surface area contributed by atoms with Crippen molar-refractivity contribution in [1.29, 1.82) is 0 Å². The highest BCUT2D eigenvalue weighted by molar-refractivity contribution is 5.76. The number of ether oxygens (including phenoxy) is 2. The average Bonchev–Trinajstić information content (AvgIpc) is 3.00. The molecule has 1 saturated carbocycles. The fourth-order valence-corrected chi connectivity index (χ4v) is 5.88. The Hall–Kier alpha value is -1.60. The van der Waals surface area contributed by atoms with Gasteiger partial charge in [0.25, 0.3) is 0 Å². The van der Waals surface area contributed by atoms with Gasteiger partial charge in [0, 0.05) is 50.5 Å². The maximum absolute atomic E-state index is 12.7. The van der Waals surface area contributed by atoms with Crippen molar-refractivity contribution in [2.45, 2.75) is 52.2 Å². The fourth-order valence-electron chi connectivity index (χ4n) is 5.88. The van der Waals surface area contributed by atoms with E-state index in [1.54, 1.807) is 11.8 Å². The van der Waals surface area contributed by atoms with Gasteiger partial charge >= 0.3 is 12.1 Å². The van der Waals surface area contributed by atoms with Crippen LogP contribution in [0.3, 0.4) is 0 Å². The van der Waals surface area contributed by atoms with Gasteiger partial charge in [-0.1, -0.05) is 25.5 Å². The fraction of sp³-hybridized carbons (Fsp3) is 0.818. The first-order valence-corrected chi connectivity index (χ1v) is 11.1. The Morgan fingerprint density at radius 2 is 2.07 bits per heavy atom. The molecule has 0 bridgehead atoms. The summed E-state index contributed by atoms with van der Waals surface area (Å²) in [5.74, 6) is -0.254. The molecule has 4 aliphatic rings. The van der Waals surface area contributed by atoms with Crippen LogP contribution in [0.15, 0.2) is 11.6 Å². The van der Waals surface area contributed by atoms with Gasteiger partial charge in [0.15, 0.2) is 0 Å².